The Hall–Kier alpha value is -2.94. The smallest absolute Gasteiger partial charge is 0.335 e. The Morgan fingerprint density at radius 1 is 1.06 bits per heavy atom. The average molecular weight is 425 g/mol. The predicted molar refractivity (Wildman–Crippen MR) is 119 cm³/mol. The van der Waals surface area contributed by atoms with E-state index in [1.54, 1.807) is 32.2 Å². The van der Waals surface area contributed by atoms with E-state index in [4.69, 9.17) is 4.74 Å². The molecule has 0 spiro atoms. The molecular weight excluding hydrogens is 396 g/mol. The van der Waals surface area contributed by atoms with Gasteiger partial charge in [0.15, 0.2) is 0 Å². The third-order valence-electron chi connectivity index (χ3n) is 5.92. The maximum atomic E-state index is 11.3. The second-order valence-corrected chi connectivity index (χ2v) is 7.87. The zero-order valence-corrected chi connectivity index (χ0v) is 18.0. The second-order valence-electron chi connectivity index (χ2n) is 7.87. The molecule has 1 saturated heterocycles. The Balaban J connectivity index is 1.69. The summed E-state index contributed by atoms with van der Waals surface area (Å²) in [5.74, 6) is -0.521. The molecular formula is C23H28N4O4. The van der Waals surface area contributed by atoms with Gasteiger partial charge < -0.3 is 19.8 Å². The Morgan fingerprint density at radius 2 is 1.77 bits per heavy atom. The Morgan fingerprint density at radius 3 is 2.42 bits per heavy atom. The van der Waals surface area contributed by atoms with Crippen LogP contribution in [0, 0.1) is 0 Å². The maximum Gasteiger partial charge on any atom is 0.335 e. The summed E-state index contributed by atoms with van der Waals surface area (Å²) in [4.78, 5) is 20.5. The number of benzene rings is 2. The minimum Gasteiger partial charge on any atom is -0.478 e. The molecule has 31 heavy (non-hydrogen) atoms. The molecule has 4 rings (SSSR count). The maximum absolute atomic E-state index is 11.3. The first-order valence-electron chi connectivity index (χ1n) is 10.4. The van der Waals surface area contributed by atoms with Crippen molar-refractivity contribution in [1.82, 2.24) is 14.5 Å². The number of hydrogen-bond acceptors (Lipinski definition) is 6. The van der Waals surface area contributed by atoms with E-state index < -0.39 is 12.1 Å². The van der Waals surface area contributed by atoms with Crippen molar-refractivity contribution in [1.29, 1.82) is 0 Å². The van der Waals surface area contributed by atoms with E-state index in [-0.39, 0.29) is 11.8 Å². The number of carbonyl (C=O) groups is 1. The lowest BCUT2D eigenvalue weighted by Gasteiger charge is -2.38. The standard InChI is InChI=1S/C23H28N4O4/c1-15(28)22-24-20-13-17(23(29)30)7-8-21(20)27(22)19-6-4-5-18(14-19)26-11-9-25(10-12-26)16(2)31-3/h4-8,13-16,28H,9-12H2,1-3H3,(H,29,30). The number of carboxylic acid groups (broad SMARTS) is 1. The quantitative estimate of drug-likeness (QED) is 0.629. The lowest BCUT2D eigenvalue weighted by molar-refractivity contribution is -0.0212. The van der Waals surface area contributed by atoms with Crippen LogP contribution in [0.25, 0.3) is 16.7 Å². The van der Waals surface area contributed by atoms with Gasteiger partial charge in [-0.15, -0.1) is 0 Å². The largest absolute Gasteiger partial charge is 0.478 e. The number of piperazine rings is 1. The van der Waals surface area contributed by atoms with Crippen LogP contribution in [0.15, 0.2) is 42.5 Å². The number of fused-ring (bicyclic) bond motifs is 1. The van der Waals surface area contributed by atoms with Crippen molar-refractivity contribution in [3.05, 3.63) is 53.9 Å². The number of ether oxygens (including phenoxy) is 1. The van der Waals surface area contributed by atoms with Crippen molar-refractivity contribution in [2.75, 3.05) is 38.2 Å². The van der Waals surface area contributed by atoms with Crippen molar-refractivity contribution < 1.29 is 19.7 Å². The minimum absolute atomic E-state index is 0.107. The summed E-state index contributed by atoms with van der Waals surface area (Å²) in [6, 6.07) is 13.0. The number of aromatic carboxylic acids is 1. The van der Waals surface area contributed by atoms with E-state index in [2.05, 4.69) is 33.8 Å². The molecule has 2 atom stereocenters. The normalized spacial score (nSPS) is 17.1. The van der Waals surface area contributed by atoms with Crippen LogP contribution in [-0.4, -0.2) is 70.2 Å². The molecule has 8 nitrogen and oxygen atoms in total. The molecule has 1 fully saturated rings. The van der Waals surface area contributed by atoms with Crippen LogP contribution in [0.1, 0.15) is 36.1 Å². The number of methoxy groups -OCH3 is 1. The van der Waals surface area contributed by atoms with Gasteiger partial charge in [0.25, 0.3) is 0 Å². The predicted octanol–water partition coefficient (Wildman–Crippen LogP) is 2.89. The fourth-order valence-corrected chi connectivity index (χ4v) is 4.11. The molecule has 0 aliphatic carbocycles. The molecule has 0 radical (unpaired) electrons. The van der Waals surface area contributed by atoms with E-state index in [1.807, 2.05) is 16.7 Å². The third-order valence-corrected chi connectivity index (χ3v) is 5.92. The fourth-order valence-electron chi connectivity index (χ4n) is 4.11. The van der Waals surface area contributed by atoms with Crippen LogP contribution in [0.2, 0.25) is 0 Å². The summed E-state index contributed by atoms with van der Waals surface area (Å²) in [6.45, 7) is 7.36. The Bertz CT molecular complexity index is 1090. The number of aliphatic hydroxyl groups is 1. The molecule has 3 aromatic rings. The van der Waals surface area contributed by atoms with Gasteiger partial charge in [-0.2, -0.15) is 0 Å². The van der Waals surface area contributed by atoms with Crippen LogP contribution in [0.3, 0.4) is 0 Å². The first kappa shape index (κ1) is 21.3. The van der Waals surface area contributed by atoms with E-state index in [0.717, 1.165) is 43.1 Å². The van der Waals surface area contributed by atoms with E-state index >= 15 is 0 Å². The number of aromatic nitrogens is 2. The monoisotopic (exact) mass is 424 g/mol. The molecule has 2 N–H and O–H groups in total. The van der Waals surface area contributed by atoms with Gasteiger partial charge >= 0.3 is 5.97 Å². The van der Waals surface area contributed by atoms with Crippen molar-refractivity contribution in [2.45, 2.75) is 26.2 Å². The van der Waals surface area contributed by atoms with Crippen LogP contribution < -0.4 is 4.90 Å². The number of nitrogens with zero attached hydrogens (tertiary/aromatic N) is 4. The van der Waals surface area contributed by atoms with Gasteiger partial charge in [0.1, 0.15) is 18.2 Å². The van der Waals surface area contributed by atoms with Gasteiger partial charge in [-0.05, 0) is 50.2 Å². The summed E-state index contributed by atoms with van der Waals surface area (Å²) in [7, 11) is 1.73. The van der Waals surface area contributed by atoms with Gasteiger partial charge in [-0.25, -0.2) is 9.78 Å². The topological polar surface area (TPSA) is 91.1 Å². The molecule has 1 aliphatic heterocycles. The number of imidazole rings is 1. The zero-order chi connectivity index (χ0) is 22.1. The van der Waals surface area contributed by atoms with Gasteiger partial charge in [0.05, 0.1) is 16.6 Å². The average Bonchev–Trinajstić information content (AvgIpc) is 3.18. The van der Waals surface area contributed by atoms with Crippen molar-refractivity contribution in [3.8, 4) is 5.69 Å². The van der Waals surface area contributed by atoms with Crippen LogP contribution >= 0.6 is 0 Å². The number of aliphatic hydroxyl groups excluding tert-OH is 1. The molecule has 164 valence electrons. The number of anilines is 1. The zero-order valence-electron chi connectivity index (χ0n) is 18.0. The number of rotatable bonds is 6. The van der Waals surface area contributed by atoms with E-state index in [9.17, 15) is 15.0 Å². The molecule has 2 unspecified atom stereocenters. The van der Waals surface area contributed by atoms with E-state index in [1.165, 1.54) is 0 Å². The van der Waals surface area contributed by atoms with Gasteiger partial charge in [0, 0.05) is 44.7 Å². The minimum atomic E-state index is -1.00. The van der Waals surface area contributed by atoms with Crippen LogP contribution in [0.4, 0.5) is 5.69 Å². The first-order valence-corrected chi connectivity index (χ1v) is 10.4. The van der Waals surface area contributed by atoms with Gasteiger partial charge in [-0.1, -0.05) is 6.07 Å². The molecule has 1 aliphatic rings. The van der Waals surface area contributed by atoms with Crippen molar-refractivity contribution in [2.24, 2.45) is 0 Å². The summed E-state index contributed by atoms with van der Waals surface area (Å²) in [6.07, 6.45) is -0.696. The van der Waals surface area contributed by atoms with Gasteiger partial charge in [0.2, 0.25) is 0 Å². The lowest BCUT2D eigenvalue weighted by atomic mass is 10.2. The lowest BCUT2D eigenvalue weighted by Crippen LogP contribution is -2.50. The van der Waals surface area contributed by atoms with Crippen molar-refractivity contribution in [3.63, 3.8) is 0 Å². The second kappa shape index (κ2) is 8.66. The highest BCUT2D eigenvalue weighted by molar-refractivity contribution is 5.93. The SMILES string of the molecule is COC(C)N1CCN(c2cccc(-n3c(C(C)O)nc4cc(C(=O)O)ccc43)c2)CC1. The summed E-state index contributed by atoms with van der Waals surface area (Å²) >= 11 is 0. The molecule has 2 aromatic carbocycles. The highest BCUT2D eigenvalue weighted by Crippen LogP contribution is 2.29. The molecule has 0 saturated carbocycles. The number of hydrogen-bond donors (Lipinski definition) is 2. The third kappa shape index (κ3) is 4.14. The molecule has 2 heterocycles. The molecule has 1 aromatic heterocycles. The summed E-state index contributed by atoms with van der Waals surface area (Å²) < 4.78 is 7.34. The highest BCUT2D eigenvalue weighted by Gasteiger charge is 2.22. The number of carboxylic acids is 1. The molecule has 8 heteroatoms. The Labute approximate surface area is 181 Å². The molecule has 0 bridgehead atoms. The van der Waals surface area contributed by atoms with Crippen molar-refractivity contribution >= 4 is 22.7 Å². The first-order chi connectivity index (χ1) is 14.9. The van der Waals surface area contributed by atoms with E-state index in [0.29, 0.717) is 11.3 Å². The van der Waals surface area contributed by atoms with Crippen LogP contribution in [0.5, 0.6) is 0 Å². The molecule has 0 amide bonds. The fraction of sp³-hybridized carbons (Fsp3) is 0.391. The Kier molecular flexibility index (Phi) is 5.95. The van der Waals surface area contributed by atoms with Gasteiger partial charge in [-0.3, -0.25) is 9.47 Å². The summed E-state index contributed by atoms with van der Waals surface area (Å²) in [5.41, 5.74) is 3.46. The summed E-state index contributed by atoms with van der Waals surface area (Å²) in [5, 5.41) is 19.6. The highest BCUT2D eigenvalue weighted by atomic mass is 16.5. The van der Waals surface area contributed by atoms with Crippen LogP contribution in [-0.2, 0) is 4.74 Å².